The summed E-state index contributed by atoms with van der Waals surface area (Å²) in [4.78, 5) is 19.3. The van der Waals surface area contributed by atoms with E-state index in [4.69, 9.17) is 19.2 Å². The zero-order valence-corrected chi connectivity index (χ0v) is 21.6. The van der Waals surface area contributed by atoms with Crippen LogP contribution < -0.4 is 10.1 Å². The summed E-state index contributed by atoms with van der Waals surface area (Å²) in [6.45, 7) is 11.1. The molecule has 1 N–H and O–H groups in total. The molecule has 1 heterocycles. The molecule has 7 heteroatoms. The van der Waals surface area contributed by atoms with Crippen LogP contribution in [0.4, 0.5) is 10.5 Å². The number of amides is 2. The molecule has 0 aromatic heterocycles. The van der Waals surface area contributed by atoms with Gasteiger partial charge in [-0.25, -0.2) is 4.79 Å². The van der Waals surface area contributed by atoms with Gasteiger partial charge < -0.3 is 24.4 Å². The second kappa shape index (κ2) is 13.1. The Morgan fingerprint density at radius 1 is 1.18 bits per heavy atom. The Kier molecular flexibility index (Phi) is 10.2. The number of ether oxygens (including phenoxy) is 3. The molecule has 2 amide bonds. The average Bonchev–Trinajstić information content (AvgIpc) is 2.78. The first kappa shape index (κ1) is 26.5. The van der Waals surface area contributed by atoms with Crippen molar-refractivity contribution in [3.05, 3.63) is 23.3 Å². The van der Waals surface area contributed by atoms with Gasteiger partial charge in [0.1, 0.15) is 17.5 Å². The summed E-state index contributed by atoms with van der Waals surface area (Å²) < 4.78 is 17.2. The van der Waals surface area contributed by atoms with Gasteiger partial charge in [-0.3, -0.25) is 4.99 Å². The largest absolute Gasteiger partial charge is 0.484 e. The van der Waals surface area contributed by atoms with Crippen molar-refractivity contribution in [1.29, 1.82) is 0 Å². The summed E-state index contributed by atoms with van der Waals surface area (Å²) in [5.41, 5.74) is 3.28. The van der Waals surface area contributed by atoms with Gasteiger partial charge in [0.25, 0.3) is 0 Å². The van der Waals surface area contributed by atoms with Crippen LogP contribution in [0.2, 0.25) is 0 Å². The van der Waals surface area contributed by atoms with Crippen LogP contribution in [-0.2, 0) is 9.47 Å². The number of aryl methyl sites for hydroxylation is 1. The van der Waals surface area contributed by atoms with E-state index in [-0.39, 0.29) is 24.3 Å². The molecule has 1 aliphatic carbocycles. The molecule has 1 aromatic rings. The van der Waals surface area contributed by atoms with Gasteiger partial charge in [0.2, 0.25) is 0 Å². The molecular weight excluding hydrogens is 430 g/mol. The van der Waals surface area contributed by atoms with Crippen molar-refractivity contribution in [2.75, 3.05) is 33.4 Å². The molecule has 7 nitrogen and oxygen atoms in total. The fourth-order valence-corrected chi connectivity index (χ4v) is 4.44. The second-order valence-corrected chi connectivity index (χ2v) is 9.87. The number of carbonyl (C=O) groups excluding carboxylic acids is 1. The normalized spacial score (nSPS) is 21.2. The predicted molar refractivity (Wildman–Crippen MR) is 137 cm³/mol. The van der Waals surface area contributed by atoms with Crippen LogP contribution in [0.1, 0.15) is 76.3 Å². The Hall–Kier alpha value is -2.12. The monoisotopic (exact) mass is 473 g/mol. The molecule has 2 aliphatic rings. The molecule has 1 aromatic carbocycles. The quantitative estimate of drug-likeness (QED) is 0.346. The fourth-order valence-electron chi connectivity index (χ4n) is 4.44. The van der Waals surface area contributed by atoms with Crippen molar-refractivity contribution in [3.63, 3.8) is 0 Å². The molecule has 3 rings (SSSR count). The van der Waals surface area contributed by atoms with E-state index in [1.807, 2.05) is 11.1 Å². The highest BCUT2D eigenvalue weighted by molar-refractivity contribution is 5.75. The Morgan fingerprint density at radius 3 is 2.56 bits per heavy atom. The van der Waals surface area contributed by atoms with E-state index >= 15 is 0 Å². The van der Waals surface area contributed by atoms with E-state index < -0.39 is 0 Å². The van der Waals surface area contributed by atoms with Gasteiger partial charge >= 0.3 is 6.03 Å². The van der Waals surface area contributed by atoms with Crippen LogP contribution in [0.25, 0.3) is 0 Å². The fraction of sp³-hybridized carbons (Fsp3) is 0.704. The number of hydrogen-bond donors (Lipinski definition) is 1. The van der Waals surface area contributed by atoms with Crippen molar-refractivity contribution in [2.45, 2.75) is 90.4 Å². The van der Waals surface area contributed by atoms with Crippen LogP contribution in [0.5, 0.6) is 5.75 Å². The van der Waals surface area contributed by atoms with E-state index in [0.29, 0.717) is 32.2 Å². The summed E-state index contributed by atoms with van der Waals surface area (Å²) in [5, 5.41) is 3.20. The first-order valence-electron chi connectivity index (χ1n) is 12.9. The van der Waals surface area contributed by atoms with Crippen molar-refractivity contribution in [1.82, 2.24) is 10.2 Å². The molecule has 0 bridgehead atoms. The molecule has 0 radical (unpaired) electrons. The minimum absolute atomic E-state index is 0.00221. The molecule has 34 heavy (non-hydrogen) atoms. The summed E-state index contributed by atoms with van der Waals surface area (Å²) >= 11 is 0. The number of urea groups is 1. The van der Waals surface area contributed by atoms with E-state index in [0.717, 1.165) is 55.5 Å². The molecular formula is C27H43N3O4. The van der Waals surface area contributed by atoms with Crippen molar-refractivity contribution < 1.29 is 19.0 Å². The first-order valence-corrected chi connectivity index (χ1v) is 12.9. The smallest absolute Gasteiger partial charge is 0.317 e. The van der Waals surface area contributed by atoms with Gasteiger partial charge in [-0.15, -0.1) is 0 Å². The highest BCUT2D eigenvalue weighted by Crippen LogP contribution is 2.36. The van der Waals surface area contributed by atoms with Crippen LogP contribution >= 0.6 is 0 Å². The highest BCUT2D eigenvalue weighted by atomic mass is 16.5. The van der Waals surface area contributed by atoms with Crippen molar-refractivity contribution >= 4 is 17.9 Å². The Morgan fingerprint density at radius 2 is 1.91 bits per heavy atom. The van der Waals surface area contributed by atoms with E-state index in [2.05, 4.69) is 45.1 Å². The molecule has 0 atom stereocenters. The lowest BCUT2D eigenvalue weighted by molar-refractivity contribution is -0.00473. The number of rotatable bonds is 11. The van der Waals surface area contributed by atoms with E-state index in [1.54, 1.807) is 7.11 Å². The van der Waals surface area contributed by atoms with Gasteiger partial charge in [0.05, 0.1) is 32.4 Å². The van der Waals surface area contributed by atoms with Crippen LogP contribution in [-0.4, -0.2) is 68.8 Å². The van der Waals surface area contributed by atoms with Crippen molar-refractivity contribution in [2.24, 2.45) is 4.99 Å². The van der Waals surface area contributed by atoms with Gasteiger partial charge in [-0.2, -0.15) is 0 Å². The SMILES string of the molecule is CCCC=Nc1c(C)cc(C(C)C)cc1OC1CN(C(=O)NC2CCC(OCCOC)CC2)C1. The molecule has 190 valence electrons. The van der Waals surface area contributed by atoms with Crippen LogP contribution in [0.3, 0.4) is 0 Å². The zero-order valence-electron chi connectivity index (χ0n) is 21.6. The summed E-state index contributed by atoms with van der Waals surface area (Å²) in [7, 11) is 1.69. The Bertz CT molecular complexity index is 812. The summed E-state index contributed by atoms with van der Waals surface area (Å²) in [6.07, 6.45) is 8.14. The van der Waals surface area contributed by atoms with E-state index in [9.17, 15) is 4.79 Å². The third-order valence-corrected chi connectivity index (χ3v) is 6.66. The lowest BCUT2D eigenvalue weighted by atomic mass is 9.93. The number of aliphatic imine (C=N–C) groups is 1. The minimum atomic E-state index is -0.00221. The maximum Gasteiger partial charge on any atom is 0.317 e. The van der Waals surface area contributed by atoms with Crippen LogP contribution in [0, 0.1) is 6.92 Å². The van der Waals surface area contributed by atoms with Gasteiger partial charge in [-0.1, -0.05) is 33.3 Å². The lowest BCUT2D eigenvalue weighted by Crippen LogP contribution is -2.60. The molecule has 0 unspecified atom stereocenters. The number of nitrogens with zero attached hydrogens (tertiary/aromatic N) is 2. The number of carbonyl (C=O) groups is 1. The van der Waals surface area contributed by atoms with Crippen LogP contribution in [0.15, 0.2) is 17.1 Å². The zero-order chi connectivity index (χ0) is 24.5. The number of benzene rings is 1. The molecule has 0 spiro atoms. The number of hydrogen-bond acceptors (Lipinski definition) is 5. The van der Waals surface area contributed by atoms with Gasteiger partial charge in [0.15, 0.2) is 0 Å². The molecule has 1 aliphatic heterocycles. The molecule has 1 saturated heterocycles. The van der Waals surface area contributed by atoms with Gasteiger partial charge in [0, 0.05) is 19.4 Å². The summed E-state index contributed by atoms with van der Waals surface area (Å²) in [6, 6.07) is 4.55. The maximum absolute atomic E-state index is 12.7. The standard InChI is InChI=1S/C27H43N3O4/c1-6-7-12-28-26-20(4)15-21(19(2)3)16-25(26)34-24-17-30(18-24)27(31)29-22-8-10-23(11-9-22)33-14-13-32-5/h12,15-16,19,22-24H,6-11,13-14,17-18H2,1-5H3,(H,29,31). The maximum atomic E-state index is 12.7. The number of methoxy groups -OCH3 is 1. The lowest BCUT2D eigenvalue weighted by Gasteiger charge is -2.40. The van der Waals surface area contributed by atoms with Crippen molar-refractivity contribution in [3.8, 4) is 5.75 Å². The predicted octanol–water partition coefficient (Wildman–Crippen LogP) is 5.37. The number of nitrogens with one attached hydrogen (secondary N) is 1. The first-order chi connectivity index (χ1) is 16.4. The Balaban J connectivity index is 1.49. The van der Waals surface area contributed by atoms with E-state index in [1.165, 1.54) is 5.56 Å². The summed E-state index contributed by atoms with van der Waals surface area (Å²) in [5.74, 6) is 1.24. The molecule has 2 fully saturated rings. The number of likely N-dealkylation sites (tertiary alicyclic amines) is 1. The third kappa shape index (κ3) is 7.44. The average molecular weight is 474 g/mol. The minimum Gasteiger partial charge on any atom is -0.484 e. The second-order valence-electron chi connectivity index (χ2n) is 9.87. The van der Waals surface area contributed by atoms with Gasteiger partial charge in [-0.05, 0) is 62.1 Å². The molecule has 1 saturated carbocycles. The topological polar surface area (TPSA) is 72.4 Å². The third-order valence-electron chi connectivity index (χ3n) is 6.66. The number of unbranched alkanes of at least 4 members (excludes halogenated alkanes) is 1. The Labute approximate surface area is 205 Å². The highest BCUT2D eigenvalue weighted by Gasteiger charge is 2.34.